The average molecular weight is 369 g/mol. The molecule has 0 heterocycles. The summed E-state index contributed by atoms with van der Waals surface area (Å²) in [5.41, 5.74) is 1.92. The monoisotopic (exact) mass is 369 g/mol. The molecule has 0 aliphatic carbocycles. The van der Waals surface area contributed by atoms with E-state index in [1.165, 1.54) is 11.6 Å². The SMILES string of the molecule is CCN(CC)C(CNC(=O)c1cccc([N+](=O)[O-])c1C)Cc1ccccc1. The van der Waals surface area contributed by atoms with Crippen LogP contribution in [0.25, 0.3) is 0 Å². The van der Waals surface area contributed by atoms with Crippen molar-refractivity contribution < 1.29 is 9.72 Å². The number of likely N-dealkylation sites (N-methyl/N-ethyl adjacent to an activating group) is 1. The minimum absolute atomic E-state index is 0.0350. The smallest absolute Gasteiger partial charge is 0.273 e. The quantitative estimate of drug-likeness (QED) is 0.541. The molecule has 0 aromatic heterocycles. The molecule has 1 atom stereocenters. The highest BCUT2D eigenvalue weighted by Gasteiger charge is 2.21. The van der Waals surface area contributed by atoms with E-state index in [2.05, 4.69) is 36.2 Å². The zero-order valence-electron chi connectivity index (χ0n) is 16.1. The molecule has 0 spiro atoms. The third kappa shape index (κ3) is 5.37. The van der Waals surface area contributed by atoms with Crippen LogP contribution in [0.5, 0.6) is 0 Å². The van der Waals surface area contributed by atoms with Gasteiger partial charge in [-0.2, -0.15) is 0 Å². The molecular formula is C21H27N3O3. The molecule has 6 nitrogen and oxygen atoms in total. The Kier molecular flexibility index (Phi) is 7.49. The minimum atomic E-state index is -0.458. The number of hydrogen-bond donors (Lipinski definition) is 1. The van der Waals surface area contributed by atoms with E-state index in [0.29, 0.717) is 17.7 Å². The number of nitrogens with one attached hydrogen (secondary N) is 1. The van der Waals surface area contributed by atoms with Gasteiger partial charge in [0.2, 0.25) is 0 Å². The summed E-state index contributed by atoms with van der Waals surface area (Å²) < 4.78 is 0. The third-order valence-corrected chi connectivity index (χ3v) is 4.89. The van der Waals surface area contributed by atoms with Gasteiger partial charge in [-0.05, 0) is 38.1 Å². The van der Waals surface area contributed by atoms with E-state index >= 15 is 0 Å². The number of hydrogen-bond acceptors (Lipinski definition) is 4. The zero-order chi connectivity index (χ0) is 19.8. The number of nitro benzene ring substituents is 1. The van der Waals surface area contributed by atoms with Gasteiger partial charge >= 0.3 is 0 Å². The van der Waals surface area contributed by atoms with Crippen LogP contribution in [-0.4, -0.2) is 41.4 Å². The van der Waals surface area contributed by atoms with Gasteiger partial charge < -0.3 is 5.32 Å². The van der Waals surface area contributed by atoms with Crippen LogP contribution in [0, 0.1) is 17.0 Å². The van der Waals surface area contributed by atoms with Crippen molar-refractivity contribution in [3.63, 3.8) is 0 Å². The Bertz CT molecular complexity index is 773. The summed E-state index contributed by atoms with van der Waals surface area (Å²) >= 11 is 0. The lowest BCUT2D eigenvalue weighted by Crippen LogP contribution is -2.45. The zero-order valence-corrected chi connectivity index (χ0v) is 16.1. The van der Waals surface area contributed by atoms with Gasteiger partial charge in [0.25, 0.3) is 11.6 Å². The van der Waals surface area contributed by atoms with Crippen molar-refractivity contribution in [2.24, 2.45) is 0 Å². The highest BCUT2D eigenvalue weighted by atomic mass is 16.6. The average Bonchev–Trinajstić information content (AvgIpc) is 2.67. The standard InChI is InChI=1S/C21H27N3O3/c1-4-23(5-2)18(14-17-10-7-6-8-11-17)15-22-21(25)19-12-9-13-20(16(19)3)24(26)27/h6-13,18H,4-5,14-15H2,1-3H3,(H,22,25). The van der Waals surface area contributed by atoms with E-state index in [9.17, 15) is 14.9 Å². The number of nitrogens with zero attached hydrogens (tertiary/aromatic N) is 2. The Morgan fingerprint density at radius 1 is 1.11 bits per heavy atom. The van der Waals surface area contributed by atoms with Gasteiger partial charge in [0.1, 0.15) is 0 Å². The third-order valence-electron chi connectivity index (χ3n) is 4.89. The predicted octanol–water partition coefficient (Wildman–Crippen LogP) is 3.59. The van der Waals surface area contributed by atoms with E-state index in [4.69, 9.17) is 0 Å². The fourth-order valence-corrected chi connectivity index (χ4v) is 3.33. The van der Waals surface area contributed by atoms with Crippen molar-refractivity contribution in [3.8, 4) is 0 Å². The van der Waals surface area contributed by atoms with Gasteiger partial charge in [0.05, 0.1) is 4.92 Å². The molecule has 0 bridgehead atoms. The molecule has 1 unspecified atom stereocenters. The van der Waals surface area contributed by atoms with E-state index in [1.807, 2.05) is 18.2 Å². The van der Waals surface area contributed by atoms with Crippen molar-refractivity contribution in [2.45, 2.75) is 33.2 Å². The maximum absolute atomic E-state index is 12.6. The highest BCUT2D eigenvalue weighted by molar-refractivity contribution is 5.96. The molecule has 1 amide bonds. The van der Waals surface area contributed by atoms with E-state index in [0.717, 1.165) is 19.5 Å². The fraction of sp³-hybridized carbons (Fsp3) is 0.381. The molecule has 0 aliphatic heterocycles. The van der Waals surface area contributed by atoms with Gasteiger partial charge in [-0.15, -0.1) is 0 Å². The van der Waals surface area contributed by atoms with Gasteiger partial charge in [-0.25, -0.2) is 0 Å². The van der Waals surface area contributed by atoms with Gasteiger partial charge in [0, 0.05) is 29.8 Å². The minimum Gasteiger partial charge on any atom is -0.350 e. The molecule has 2 aromatic rings. The van der Waals surface area contributed by atoms with Crippen LogP contribution in [0.3, 0.4) is 0 Å². The molecule has 0 saturated heterocycles. The topological polar surface area (TPSA) is 75.5 Å². The van der Waals surface area contributed by atoms with Gasteiger partial charge in [-0.3, -0.25) is 19.8 Å². The number of nitro groups is 1. The second-order valence-corrected chi connectivity index (χ2v) is 6.48. The summed E-state index contributed by atoms with van der Waals surface area (Å²) in [7, 11) is 0. The summed E-state index contributed by atoms with van der Waals surface area (Å²) in [5.74, 6) is -0.276. The Morgan fingerprint density at radius 3 is 2.37 bits per heavy atom. The van der Waals surface area contributed by atoms with Crippen LogP contribution >= 0.6 is 0 Å². The molecule has 0 aliphatic rings. The molecule has 0 saturated carbocycles. The number of amides is 1. The van der Waals surface area contributed by atoms with E-state index < -0.39 is 4.92 Å². The van der Waals surface area contributed by atoms with Crippen LogP contribution in [0.1, 0.15) is 35.3 Å². The van der Waals surface area contributed by atoms with Crippen LogP contribution in [0.15, 0.2) is 48.5 Å². The second-order valence-electron chi connectivity index (χ2n) is 6.48. The lowest BCUT2D eigenvalue weighted by atomic mass is 10.0. The Balaban J connectivity index is 2.13. The molecule has 6 heteroatoms. The van der Waals surface area contributed by atoms with Crippen molar-refractivity contribution in [1.82, 2.24) is 10.2 Å². The maximum atomic E-state index is 12.6. The number of carbonyl (C=O) groups excluding carboxylic acids is 1. The molecule has 1 N–H and O–H groups in total. The molecular weight excluding hydrogens is 342 g/mol. The lowest BCUT2D eigenvalue weighted by Gasteiger charge is -2.30. The fourth-order valence-electron chi connectivity index (χ4n) is 3.33. The van der Waals surface area contributed by atoms with Crippen molar-refractivity contribution in [2.75, 3.05) is 19.6 Å². The summed E-state index contributed by atoms with van der Waals surface area (Å²) in [6.45, 7) is 8.08. The summed E-state index contributed by atoms with van der Waals surface area (Å²) in [5, 5.41) is 14.1. The molecule has 144 valence electrons. The van der Waals surface area contributed by atoms with Crippen molar-refractivity contribution >= 4 is 11.6 Å². The maximum Gasteiger partial charge on any atom is 0.273 e. The van der Waals surface area contributed by atoms with Gasteiger partial charge in [0.15, 0.2) is 0 Å². The normalized spacial score (nSPS) is 12.0. The molecule has 0 radical (unpaired) electrons. The Morgan fingerprint density at radius 2 is 1.78 bits per heavy atom. The Labute approximate surface area is 160 Å². The van der Waals surface area contributed by atoms with E-state index in [-0.39, 0.29) is 17.6 Å². The summed E-state index contributed by atoms with van der Waals surface area (Å²) in [6.07, 6.45) is 0.830. The molecule has 27 heavy (non-hydrogen) atoms. The highest BCUT2D eigenvalue weighted by Crippen LogP contribution is 2.21. The number of carbonyl (C=O) groups is 1. The predicted molar refractivity (Wildman–Crippen MR) is 107 cm³/mol. The summed E-state index contributed by atoms with van der Waals surface area (Å²) in [4.78, 5) is 25.6. The lowest BCUT2D eigenvalue weighted by molar-refractivity contribution is -0.385. The van der Waals surface area contributed by atoms with Crippen LogP contribution in [0.4, 0.5) is 5.69 Å². The van der Waals surface area contributed by atoms with Gasteiger partial charge in [-0.1, -0.05) is 50.2 Å². The molecule has 0 fully saturated rings. The first-order valence-corrected chi connectivity index (χ1v) is 9.28. The van der Waals surface area contributed by atoms with Crippen molar-refractivity contribution in [3.05, 3.63) is 75.3 Å². The second kappa shape index (κ2) is 9.83. The number of rotatable bonds is 9. The Hall–Kier alpha value is -2.73. The van der Waals surface area contributed by atoms with Crippen LogP contribution in [-0.2, 0) is 6.42 Å². The van der Waals surface area contributed by atoms with E-state index in [1.54, 1.807) is 19.1 Å². The first-order valence-electron chi connectivity index (χ1n) is 9.28. The largest absolute Gasteiger partial charge is 0.350 e. The molecule has 2 rings (SSSR count). The van der Waals surface area contributed by atoms with Crippen LogP contribution in [0.2, 0.25) is 0 Å². The summed E-state index contributed by atoms with van der Waals surface area (Å²) in [6, 6.07) is 14.9. The number of benzene rings is 2. The first-order chi connectivity index (χ1) is 13.0. The van der Waals surface area contributed by atoms with Crippen LogP contribution < -0.4 is 5.32 Å². The molecule has 2 aromatic carbocycles. The first kappa shape index (κ1) is 20.6. The van der Waals surface area contributed by atoms with Crippen molar-refractivity contribution in [1.29, 1.82) is 0 Å².